The standard InChI is InChI=1S/C8H6N2O2/c11-7-3-1-2-6-5(7)4-8(12)10-9-6/h1-4,11H,(H,10,12). The third-order valence-corrected chi connectivity index (χ3v) is 1.62. The van der Waals surface area contributed by atoms with Gasteiger partial charge in [0.2, 0.25) is 0 Å². The Balaban J connectivity index is 2.97. The molecule has 0 radical (unpaired) electrons. The van der Waals surface area contributed by atoms with Crippen molar-refractivity contribution in [1.82, 2.24) is 10.2 Å². The molecule has 0 fully saturated rings. The topological polar surface area (TPSA) is 66.0 Å². The van der Waals surface area contributed by atoms with Crippen LogP contribution in [0.4, 0.5) is 0 Å². The Morgan fingerprint density at radius 2 is 2.25 bits per heavy atom. The molecule has 1 heterocycles. The lowest BCUT2D eigenvalue weighted by atomic mass is 10.2. The van der Waals surface area contributed by atoms with Crippen molar-refractivity contribution < 1.29 is 5.11 Å². The van der Waals surface area contributed by atoms with Crippen molar-refractivity contribution >= 4 is 10.9 Å². The maximum Gasteiger partial charge on any atom is 0.264 e. The van der Waals surface area contributed by atoms with Crippen LogP contribution in [0, 0.1) is 0 Å². The molecule has 4 heteroatoms. The lowest BCUT2D eigenvalue weighted by Gasteiger charge is -1.96. The molecule has 0 saturated heterocycles. The summed E-state index contributed by atoms with van der Waals surface area (Å²) in [5, 5.41) is 15.8. The van der Waals surface area contributed by atoms with Crippen LogP contribution in [0.15, 0.2) is 29.1 Å². The van der Waals surface area contributed by atoms with E-state index < -0.39 is 0 Å². The molecule has 4 nitrogen and oxygen atoms in total. The summed E-state index contributed by atoms with van der Waals surface area (Å²) in [6.45, 7) is 0. The first kappa shape index (κ1) is 6.84. The van der Waals surface area contributed by atoms with Gasteiger partial charge in [0.25, 0.3) is 5.56 Å². The van der Waals surface area contributed by atoms with E-state index in [2.05, 4.69) is 10.2 Å². The molecule has 0 aliphatic rings. The highest BCUT2D eigenvalue weighted by Crippen LogP contribution is 2.19. The van der Waals surface area contributed by atoms with Crippen LogP contribution in [-0.4, -0.2) is 15.3 Å². The minimum Gasteiger partial charge on any atom is -0.507 e. The van der Waals surface area contributed by atoms with Crippen LogP contribution in [0.3, 0.4) is 0 Å². The van der Waals surface area contributed by atoms with Crippen LogP contribution < -0.4 is 5.56 Å². The van der Waals surface area contributed by atoms with Gasteiger partial charge in [0, 0.05) is 11.5 Å². The number of hydrogen-bond acceptors (Lipinski definition) is 3. The van der Waals surface area contributed by atoms with Crippen molar-refractivity contribution in [2.24, 2.45) is 0 Å². The summed E-state index contributed by atoms with van der Waals surface area (Å²) in [4.78, 5) is 10.8. The Hall–Kier alpha value is -1.84. The van der Waals surface area contributed by atoms with Crippen molar-refractivity contribution in [1.29, 1.82) is 0 Å². The molecule has 0 saturated carbocycles. The Morgan fingerprint density at radius 1 is 1.42 bits per heavy atom. The minimum atomic E-state index is -0.316. The van der Waals surface area contributed by atoms with E-state index in [1.807, 2.05) is 0 Å². The number of nitrogens with zero attached hydrogens (tertiary/aromatic N) is 1. The summed E-state index contributed by atoms with van der Waals surface area (Å²) in [6.07, 6.45) is 0. The summed E-state index contributed by atoms with van der Waals surface area (Å²) >= 11 is 0. The van der Waals surface area contributed by atoms with Crippen molar-refractivity contribution in [3.63, 3.8) is 0 Å². The normalized spacial score (nSPS) is 10.3. The van der Waals surface area contributed by atoms with Gasteiger partial charge >= 0.3 is 0 Å². The number of fused-ring (bicyclic) bond motifs is 1. The van der Waals surface area contributed by atoms with E-state index >= 15 is 0 Å². The van der Waals surface area contributed by atoms with E-state index in [9.17, 15) is 9.90 Å². The molecule has 2 N–H and O–H groups in total. The summed E-state index contributed by atoms with van der Waals surface area (Å²) < 4.78 is 0. The first-order valence-corrected chi connectivity index (χ1v) is 3.45. The van der Waals surface area contributed by atoms with E-state index in [0.29, 0.717) is 10.9 Å². The van der Waals surface area contributed by atoms with Gasteiger partial charge in [0.15, 0.2) is 0 Å². The minimum absolute atomic E-state index is 0.0751. The molecule has 0 aliphatic carbocycles. The van der Waals surface area contributed by atoms with Crippen LogP contribution in [0.5, 0.6) is 5.75 Å². The summed E-state index contributed by atoms with van der Waals surface area (Å²) in [7, 11) is 0. The fraction of sp³-hybridized carbons (Fsp3) is 0. The zero-order chi connectivity index (χ0) is 8.55. The Labute approximate surface area is 67.5 Å². The van der Waals surface area contributed by atoms with Crippen LogP contribution in [0.1, 0.15) is 0 Å². The van der Waals surface area contributed by atoms with Gasteiger partial charge in [-0.05, 0) is 12.1 Å². The van der Waals surface area contributed by atoms with Gasteiger partial charge in [-0.15, -0.1) is 0 Å². The van der Waals surface area contributed by atoms with E-state index in [0.717, 1.165) is 0 Å². The van der Waals surface area contributed by atoms with Crippen molar-refractivity contribution in [3.8, 4) is 5.75 Å². The molecule has 0 amide bonds. The molecule has 0 unspecified atom stereocenters. The van der Waals surface area contributed by atoms with Crippen LogP contribution in [0.2, 0.25) is 0 Å². The van der Waals surface area contributed by atoms with Gasteiger partial charge in [0.1, 0.15) is 5.75 Å². The number of aromatic hydroxyl groups is 1. The second-order valence-corrected chi connectivity index (χ2v) is 2.44. The lowest BCUT2D eigenvalue weighted by Crippen LogP contribution is -2.05. The van der Waals surface area contributed by atoms with Crippen LogP contribution >= 0.6 is 0 Å². The second kappa shape index (κ2) is 2.34. The number of phenolic OH excluding ortho intramolecular Hbond substituents is 1. The average molecular weight is 162 g/mol. The first-order chi connectivity index (χ1) is 5.77. The van der Waals surface area contributed by atoms with Crippen molar-refractivity contribution in [2.75, 3.05) is 0 Å². The third-order valence-electron chi connectivity index (χ3n) is 1.62. The number of phenols is 1. The molecule has 0 bridgehead atoms. The molecular formula is C8H6N2O2. The number of aromatic amines is 1. The highest BCUT2D eigenvalue weighted by atomic mass is 16.3. The van der Waals surface area contributed by atoms with Gasteiger partial charge in [-0.3, -0.25) is 4.79 Å². The number of benzene rings is 1. The van der Waals surface area contributed by atoms with Gasteiger partial charge in [-0.1, -0.05) is 6.07 Å². The second-order valence-electron chi connectivity index (χ2n) is 2.44. The van der Waals surface area contributed by atoms with E-state index in [1.165, 1.54) is 12.1 Å². The SMILES string of the molecule is O=c1cc2c(O)cccc2n[nH]1. The summed E-state index contributed by atoms with van der Waals surface area (Å²) in [5.41, 5.74) is 0.263. The van der Waals surface area contributed by atoms with E-state index in [-0.39, 0.29) is 11.3 Å². The van der Waals surface area contributed by atoms with Gasteiger partial charge in [0.05, 0.1) is 5.52 Å². The molecule has 2 rings (SSSR count). The maximum absolute atomic E-state index is 10.8. The number of nitrogens with one attached hydrogen (secondary N) is 1. The lowest BCUT2D eigenvalue weighted by molar-refractivity contribution is 0.481. The third kappa shape index (κ3) is 0.934. The molecule has 0 atom stereocenters. The Bertz CT molecular complexity index is 476. The zero-order valence-corrected chi connectivity index (χ0v) is 6.11. The molecule has 0 aliphatic heterocycles. The first-order valence-electron chi connectivity index (χ1n) is 3.45. The fourth-order valence-electron chi connectivity index (χ4n) is 1.07. The molecule has 12 heavy (non-hydrogen) atoms. The largest absolute Gasteiger partial charge is 0.507 e. The van der Waals surface area contributed by atoms with Crippen molar-refractivity contribution in [3.05, 3.63) is 34.6 Å². The monoisotopic (exact) mass is 162 g/mol. The van der Waals surface area contributed by atoms with Gasteiger partial charge < -0.3 is 5.11 Å². The molecule has 2 aromatic rings. The number of H-pyrrole nitrogens is 1. The Morgan fingerprint density at radius 3 is 3.08 bits per heavy atom. The van der Waals surface area contributed by atoms with Crippen LogP contribution in [0.25, 0.3) is 10.9 Å². The molecule has 1 aromatic carbocycles. The van der Waals surface area contributed by atoms with E-state index in [1.54, 1.807) is 12.1 Å². The average Bonchev–Trinajstić information content (AvgIpc) is 2.07. The highest BCUT2D eigenvalue weighted by molar-refractivity contribution is 5.83. The van der Waals surface area contributed by atoms with Gasteiger partial charge in [-0.2, -0.15) is 5.10 Å². The smallest absolute Gasteiger partial charge is 0.264 e. The predicted molar refractivity (Wildman–Crippen MR) is 44.0 cm³/mol. The van der Waals surface area contributed by atoms with Crippen molar-refractivity contribution in [2.45, 2.75) is 0 Å². The number of hydrogen-bond donors (Lipinski definition) is 2. The molecular weight excluding hydrogens is 156 g/mol. The fourth-order valence-corrected chi connectivity index (χ4v) is 1.07. The predicted octanol–water partition coefficient (Wildman–Crippen LogP) is 0.629. The summed E-state index contributed by atoms with van der Waals surface area (Å²) in [6, 6.07) is 6.22. The highest BCUT2D eigenvalue weighted by Gasteiger charge is 1.99. The van der Waals surface area contributed by atoms with Gasteiger partial charge in [-0.25, -0.2) is 5.10 Å². The molecule has 1 aromatic heterocycles. The number of rotatable bonds is 0. The number of aromatic nitrogens is 2. The molecule has 0 spiro atoms. The van der Waals surface area contributed by atoms with Crippen LogP contribution in [-0.2, 0) is 0 Å². The quantitative estimate of drug-likeness (QED) is 0.597. The maximum atomic E-state index is 10.8. The summed E-state index contributed by atoms with van der Waals surface area (Å²) in [5.74, 6) is 0.0751. The Kier molecular flexibility index (Phi) is 1.33. The zero-order valence-electron chi connectivity index (χ0n) is 6.11. The van der Waals surface area contributed by atoms with E-state index in [4.69, 9.17) is 0 Å². The molecule has 60 valence electrons.